The summed E-state index contributed by atoms with van der Waals surface area (Å²) in [6, 6.07) is 27.2. The Hall–Kier alpha value is -4.91. The van der Waals surface area contributed by atoms with E-state index in [2.05, 4.69) is 15.7 Å². The van der Waals surface area contributed by atoms with Gasteiger partial charge in [0.1, 0.15) is 34.4 Å². The zero-order valence-corrected chi connectivity index (χ0v) is 37.5. The minimum absolute atomic E-state index is 0.0281. The Balaban J connectivity index is 1.59. The summed E-state index contributed by atoms with van der Waals surface area (Å²) in [4.78, 5) is 40.9. The molecule has 5 atom stereocenters. The molecule has 0 saturated carbocycles. The Labute approximate surface area is 363 Å². The van der Waals surface area contributed by atoms with Crippen LogP contribution in [-0.4, -0.2) is 90.2 Å². The van der Waals surface area contributed by atoms with Crippen molar-refractivity contribution < 1.29 is 42.3 Å². The molecule has 62 heavy (non-hydrogen) atoms. The van der Waals surface area contributed by atoms with E-state index < -0.39 is 54.9 Å². The molecule has 2 fully saturated rings. The molecule has 0 radical (unpaired) electrons. The number of rotatable bonds is 21. The molecular formula is C46H57N4O11P. The van der Waals surface area contributed by atoms with Crippen molar-refractivity contribution in [3.8, 4) is 17.6 Å². The highest BCUT2D eigenvalue weighted by Crippen LogP contribution is 2.63. The van der Waals surface area contributed by atoms with Gasteiger partial charge in [0.15, 0.2) is 6.23 Å². The molecule has 3 heterocycles. The number of nitrogens with zero attached hydrogens (tertiary/aromatic N) is 3. The Kier molecular flexibility index (Phi) is 15.1. The summed E-state index contributed by atoms with van der Waals surface area (Å²) in [5, 5.41) is 9.56. The van der Waals surface area contributed by atoms with Crippen LogP contribution in [0.5, 0.6) is 11.5 Å². The van der Waals surface area contributed by atoms with Gasteiger partial charge in [-0.15, -0.1) is 0 Å². The summed E-state index contributed by atoms with van der Waals surface area (Å²) in [7, 11) is 1.26. The third-order valence-corrected chi connectivity index (χ3v) is 13.5. The van der Waals surface area contributed by atoms with Crippen LogP contribution >= 0.6 is 8.53 Å². The predicted octanol–water partition coefficient (Wildman–Crippen LogP) is 6.91. The van der Waals surface area contributed by atoms with E-state index in [0.29, 0.717) is 17.9 Å². The minimum atomic E-state index is -1.96. The van der Waals surface area contributed by atoms with E-state index >= 15 is 0 Å². The molecule has 2 bridgehead atoms. The van der Waals surface area contributed by atoms with Crippen molar-refractivity contribution >= 4 is 14.5 Å². The van der Waals surface area contributed by atoms with Gasteiger partial charge in [-0.05, 0) is 88.4 Å². The fourth-order valence-corrected chi connectivity index (χ4v) is 10.4. The van der Waals surface area contributed by atoms with Gasteiger partial charge < -0.3 is 37.5 Å². The molecule has 2 aliphatic rings. The second-order valence-electron chi connectivity index (χ2n) is 16.0. The summed E-state index contributed by atoms with van der Waals surface area (Å²) in [6.07, 6.45) is 0.00888. The molecule has 2 aliphatic heterocycles. The monoisotopic (exact) mass is 872 g/mol. The van der Waals surface area contributed by atoms with Crippen LogP contribution in [0.1, 0.15) is 82.4 Å². The number of H-pyrrole nitrogens is 1. The van der Waals surface area contributed by atoms with Crippen LogP contribution in [0, 0.1) is 18.3 Å². The third-order valence-electron chi connectivity index (χ3n) is 11.3. The highest BCUT2D eigenvalue weighted by atomic mass is 31.2. The van der Waals surface area contributed by atoms with E-state index in [0.717, 1.165) is 16.7 Å². The number of hydrogen-bond donors (Lipinski definition) is 1. The molecule has 6 rings (SSSR count). The minimum Gasteiger partial charge on any atom is -0.497 e. The van der Waals surface area contributed by atoms with Crippen molar-refractivity contribution in [2.24, 2.45) is 0 Å². The van der Waals surface area contributed by atoms with Crippen LogP contribution in [0.15, 0.2) is 94.6 Å². The van der Waals surface area contributed by atoms with Gasteiger partial charge in [-0.3, -0.25) is 19.1 Å². The van der Waals surface area contributed by atoms with Gasteiger partial charge >= 0.3 is 11.7 Å². The van der Waals surface area contributed by atoms with Crippen molar-refractivity contribution in [1.82, 2.24) is 14.2 Å². The molecule has 4 aromatic rings. The molecule has 0 spiro atoms. The molecule has 3 aromatic carbocycles. The topological polar surface area (TPSA) is 173 Å². The fraction of sp³-hybridized carbons (Fsp3) is 0.478. The predicted molar refractivity (Wildman–Crippen MR) is 232 cm³/mol. The number of esters is 1. The maximum atomic E-state index is 13.7. The lowest BCUT2D eigenvalue weighted by molar-refractivity contribution is -0.210. The summed E-state index contributed by atoms with van der Waals surface area (Å²) >= 11 is 0. The second kappa shape index (κ2) is 20.1. The lowest BCUT2D eigenvalue weighted by Crippen LogP contribution is -2.58. The molecule has 332 valence electrons. The van der Waals surface area contributed by atoms with Crippen LogP contribution in [0.4, 0.5) is 0 Å². The van der Waals surface area contributed by atoms with E-state index in [-0.39, 0.29) is 56.9 Å². The number of aryl methyl sites for hydroxylation is 1. The van der Waals surface area contributed by atoms with Crippen molar-refractivity contribution in [3.63, 3.8) is 0 Å². The molecule has 15 nitrogen and oxygen atoms in total. The normalized spacial score (nSPS) is 21.3. The molecular weight excluding hydrogens is 815 g/mol. The van der Waals surface area contributed by atoms with Crippen molar-refractivity contribution in [2.45, 2.75) is 102 Å². The maximum absolute atomic E-state index is 13.7. The number of nitriles is 1. The standard InChI is InChI=1S/C46H57N4O11P/c1-31(2)50(32(3)4)62(59-27-13-25-47)61-45(24-12-26-56-34(6)51)40-42(49-28-33(5)41(52)48-43(49)53)60-44(45,29-57-40)30-58-46(35-14-10-9-11-15-35,36-16-20-38(54-7)21-17-36)37-18-22-39(55-8)23-19-37/h9-11,14-23,28,31-32,40,42H,12-13,24,26-27,29-30H2,1-8H3,(H,48,52,53)/t40-,42+,44+,45-,62?/m0/s1. The first-order chi connectivity index (χ1) is 29.8. The van der Waals surface area contributed by atoms with E-state index in [1.165, 1.54) is 17.7 Å². The Morgan fingerprint density at radius 2 is 1.55 bits per heavy atom. The number of nitrogens with one attached hydrogen (secondary N) is 1. The van der Waals surface area contributed by atoms with Gasteiger partial charge in [0.25, 0.3) is 14.1 Å². The highest BCUT2D eigenvalue weighted by molar-refractivity contribution is 7.44. The number of aromatic nitrogens is 2. The van der Waals surface area contributed by atoms with Crippen LogP contribution in [-0.2, 0) is 38.4 Å². The lowest BCUT2D eigenvalue weighted by atomic mass is 9.78. The Morgan fingerprint density at radius 3 is 2.10 bits per heavy atom. The zero-order valence-electron chi connectivity index (χ0n) is 36.6. The lowest BCUT2D eigenvalue weighted by Gasteiger charge is -2.46. The van der Waals surface area contributed by atoms with E-state index in [9.17, 15) is 19.6 Å². The summed E-state index contributed by atoms with van der Waals surface area (Å²) in [5.41, 5.74) is -2.78. The maximum Gasteiger partial charge on any atom is 0.330 e. The number of hydrogen-bond acceptors (Lipinski definition) is 13. The Bertz CT molecular complexity index is 2220. The van der Waals surface area contributed by atoms with Gasteiger partial charge in [-0.25, -0.2) is 9.46 Å². The van der Waals surface area contributed by atoms with Gasteiger partial charge in [0, 0.05) is 30.8 Å². The number of carbonyl (C=O) groups is 1. The second-order valence-corrected chi connectivity index (χ2v) is 17.4. The van der Waals surface area contributed by atoms with Gasteiger partial charge in [0.2, 0.25) is 0 Å². The van der Waals surface area contributed by atoms with Crippen molar-refractivity contribution in [2.75, 3.05) is 40.6 Å². The van der Waals surface area contributed by atoms with Crippen LogP contribution in [0.2, 0.25) is 0 Å². The first-order valence-corrected chi connectivity index (χ1v) is 21.9. The number of fused-ring (bicyclic) bond motifs is 2. The van der Waals surface area contributed by atoms with Gasteiger partial charge in [-0.2, -0.15) is 5.26 Å². The molecule has 1 unspecified atom stereocenters. The number of methoxy groups -OCH3 is 2. The van der Waals surface area contributed by atoms with Crippen molar-refractivity contribution in [3.05, 3.63) is 128 Å². The van der Waals surface area contributed by atoms with Gasteiger partial charge in [0.05, 0.1) is 53.1 Å². The third kappa shape index (κ3) is 9.24. The highest BCUT2D eigenvalue weighted by Gasteiger charge is 2.74. The summed E-state index contributed by atoms with van der Waals surface area (Å²) < 4.78 is 55.6. The Morgan fingerprint density at radius 1 is 0.952 bits per heavy atom. The molecule has 16 heteroatoms. The smallest absolute Gasteiger partial charge is 0.330 e. The van der Waals surface area contributed by atoms with E-state index in [4.69, 9.17) is 37.5 Å². The molecule has 0 aliphatic carbocycles. The van der Waals surface area contributed by atoms with Crippen molar-refractivity contribution in [1.29, 1.82) is 5.26 Å². The fourth-order valence-electron chi connectivity index (χ4n) is 8.48. The zero-order chi connectivity index (χ0) is 44.7. The van der Waals surface area contributed by atoms with Crippen LogP contribution < -0.4 is 20.7 Å². The molecule has 1 aromatic heterocycles. The summed E-state index contributed by atoms with van der Waals surface area (Å²) in [6.45, 7) is 11.1. The first-order valence-electron chi connectivity index (χ1n) is 20.8. The van der Waals surface area contributed by atoms with Crippen LogP contribution in [0.25, 0.3) is 0 Å². The molecule has 1 N–H and O–H groups in total. The van der Waals surface area contributed by atoms with Crippen LogP contribution in [0.3, 0.4) is 0 Å². The number of aromatic amines is 1. The van der Waals surface area contributed by atoms with E-state index in [1.54, 1.807) is 21.1 Å². The molecule has 0 amide bonds. The first kappa shape index (κ1) is 46.6. The van der Waals surface area contributed by atoms with E-state index in [1.807, 2.05) is 107 Å². The average Bonchev–Trinajstić information content (AvgIpc) is 3.69. The number of carbonyl (C=O) groups excluding carboxylic acids is 1. The number of benzene rings is 3. The number of ether oxygens (including phenoxy) is 6. The SMILES string of the molecule is COc1ccc(C(OC[C@@]23CO[C@@H]([C@H](n4cc(C)c(=O)[nH]c4=O)O2)[C@]3(CCCOC(C)=O)OP(OCCC#N)N(C(C)C)C(C)C)(c2ccccc2)c2ccc(OC)cc2)cc1. The average molecular weight is 873 g/mol. The summed E-state index contributed by atoms with van der Waals surface area (Å²) in [5.74, 6) is 0.876. The quantitative estimate of drug-likeness (QED) is 0.0397. The largest absolute Gasteiger partial charge is 0.497 e. The molecule has 2 saturated heterocycles. The van der Waals surface area contributed by atoms with Gasteiger partial charge in [-0.1, -0.05) is 54.6 Å².